The van der Waals surface area contributed by atoms with Gasteiger partial charge in [0.1, 0.15) is 5.82 Å². The normalized spacial score (nSPS) is 18.7. The fourth-order valence-electron chi connectivity index (χ4n) is 5.95. The predicted octanol–water partition coefficient (Wildman–Crippen LogP) is 4.60. The Hall–Kier alpha value is -3.83. The van der Waals surface area contributed by atoms with Crippen LogP contribution in [0, 0.1) is 0 Å². The third-order valence-electron chi connectivity index (χ3n) is 8.09. The maximum Gasteiger partial charge on any atom is 0.264 e. The zero-order valence-corrected chi connectivity index (χ0v) is 25.0. The molecule has 4 rings (SSSR count). The van der Waals surface area contributed by atoms with Gasteiger partial charge in [-0.2, -0.15) is 5.10 Å². The molecule has 2 saturated heterocycles. The minimum atomic E-state index is -2.66. The van der Waals surface area contributed by atoms with Crippen LogP contribution in [0.3, 0.4) is 0 Å². The number of nitrogens with zero attached hydrogens (tertiary/aromatic N) is 5. The summed E-state index contributed by atoms with van der Waals surface area (Å²) in [6.07, 6.45) is 8.20. The Kier molecular flexibility index (Phi) is 12.0. The van der Waals surface area contributed by atoms with E-state index < -0.39 is 6.43 Å². The van der Waals surface area contributed by atoms with E-state index in [1.807, 2.05) is 36.4 Å². The first-order valence-corrected chi connectivity index (χ1v) is 14.9. The second kappa shape index (κ2) is 16.1. The van der Waals surface area contributed by atoms with Crippen molar-refractivity contribution in [1.82, 2.24) is 25.4 Å². The highest BCUT2D eigenvalue weighted by Crippen LogP contribution is 2.36. The average molecular weight is 596 g/mol. The summed E-state index contributed by atoms with van der Waals surface area (Å²) in [6.45, 7) is 15.1. The summed E-state index contributed by atoms with van der Waals surface area (Å²) in [6, 6.07) is 5.39. The number of ether oxygens (including phenoxy) is 1. The summed E-state index contributed by atoms with van der Waals surface area (Å²) < 4.78 is 34.8. The van der Waals surface area contributed by atoms with Crippen molar-refractivity contribution < 1.29 is 18.3 Å². The summed E-state index contributed by atoms with van der Waals surface area (Å²) in [5.41, 5.74) is 3.73. The molecule has 0 aromatic heterocycles. The number of halogens is 2. The summed E-state index contributed by atoms with van der Waals surface area (Å²) in [4.78, 5) is 19.3. The van der Waals surface area contributed by atoms with Gasteiger partial charge in [-0.15, -0.1) is 0 Å². The molecule has 2 N–H and O–H groups in total. The van der Waals surface area contributed by atoms with Crippen molar-refractivity contribution in [1.29, 1.82) is 0 Å². The Morgan fingerprint density at radius 3 is 2.63 bits per heavy atom. The van der Waals surface area contributed by atoms with Gasteiger partial charge >= 0.3 is 0 Å². The van der Waals surface area contributed by atoms with Crippen LogP contribution in [0.1, 0.15) is 55.7 Å². The number of allylic oxidation sites excluding steroid dienone is 3. The summed E-state index contributed by atoms with van der Waals surface area (Å²) in [5, 5.41) is 12.3. The van der Waals surface area contributed by atoms with E-state index in [0.29, 0.717) is 56.7 Å². The number of hydrazone groups is 1. The van der Waals surface area contributed by atoms with E-state index in [-0.39, 0.29) is 11.6 Å². The summed E-state index contributed by atoms with van der Waals surface area (Å²) in [7, 11) is 0. The molecular weight excluding hydrogens is 552 g/mol. The van der Waals surface area contributed by atoms with Crippen molar-refractivity contribution in [3.63, 3.8) is 0 Å². The lowest BCUT2D eigenvalue weighted by Gasteiger charge is -2.37. The van der Waals surface area contributed by atoms with Gasteiger partial charge in [0, 0.05) is 83.1 Å². The number of carbonyl (C=O) groups is 1. The molecule has 0 spiro atoms. The molecule has 0 saturated carbocycles. The van der Waals surface area contributed by atoms with Gasteiger partial charge in [0.15, 0.2) is 0 Å². The number of nitrogens with one attached hydrogen (secondary N) is 2. The first-order chi connectivity index (χ1) is 21.0. The molecule has 1 aromatic carbocycles. The van der Waals surface area contributed by atoms with Crippen LogP contribution in [-0.2, 0) is 9.53 Å². The van der Waals surface area contributed by atoms with Gasteiger partial charge < -0.3 is 25.2 Å². The van der Waals surface area contributed by atoms with Crippen molar-refractivity contribution in [2.45, 2.75) is 45.1 Å². The van der Waals surface area contributed by atoms with Gasteiger partial charge in [0.2, 0.25) is 6.41 Å². The molecular formula is C32H43F2N7O2. The number of carbonyl (C=O) groups excluding carboxylic acids is 1. The molecule has 3 aliphatic rings. The largest absolute Gasteiger partial charge is 0.381 e. The number of benzene rings is 1. The molecule has 3 heterocycles. The zero-order valence-electron chi connectivity index (χ0n) is 25.0. The van der Waals surface area contributed by atoms with Crippen LogP contribution in [-0.4, -0.2) is 93.2 Å². The minimum Gasteiger partial charge on any atom is -0.381 e. The highest BCUT2D eigenvalue weighted by Gasteiger charge is 2.26. The maximum absolute atomic E-state index is 14.6. The molecule has 1 amide bonds. The summed E-state index contributed by atoms with van der Waals surface area (Å²) >= 11 is 0. The number of aliphatic imine (C=N–C) groups is 1. The fraction of sp³-hybridized carbons (Fsp3) is 0.469. The van der Waals surface area contributed by atoms with E-state index >= 15 is 0 Å². The lowest BCUT2D eigenvalue weighted by Crippen LogP contribution is -2.46. The van der Waals surface area contributed by atoms with Crippen molar-refractivity contribution in [2.75, 3.05) is 52.5 Å². The molecule has 43 heavy (non-hydrogen) atoms. The van der Waals surface area contributed by atoms with Gasteiger partial charge in [-0.3, -0.25) is 14.8 Å². The minimum absolute atomic E-state index is 0.0204. The van der Waals surface area contributed by atoms with E-state index in [9.17, 15) is 13.6 Å². The van der Waals surface area contributed by atoms with E-state index in [2.05, 4.69) is 44.0 Å². The molecule has 0 unspecified atom stereocenters. The van der Waals surface area contributed by atoms with Crippen LogP contribution in [0.5, 0.6) is 0 Å². The number of hydrogen-bond acceptors (Lipinski definition) is 8. The second-order valence-electron chi connectivity index (χ2n) is 10.6. The van der Waals surface area contributed by atoms with Crippen LogP contribution < -0.4 is 10.6 Å². The Labute approximate surface area is 253 Å². The van der Waals surface area contributed by atoms with Crippen molar-refractivity contribution in [2.24, 2.45) is 10.1 Å². The van der Waals surface area contributed by atoms with Crippen LogP contribution in [0.4, 0.5) is 8.78 Å². The molecule has 1 aromatic rings. The molecule has 11 heteroatoms. The Bertz CT molecular complexity index is 1250. The number of hydrogen-bond donors (Lipinski definition) is 2. The van der Waals surface area contributed by atoms with Crippen molar-refractivity contribution in [3.05, 3.63) is 71.0 Å². The quantitative estimate of drug-likeness (QED) is 0.142. The smallest absolute Gasteiger partial charge is 0.264 e. The Morgan fingerprint density at radius 2 is 2.02 bits per heavy atom. The van der Waals surface area contributed by atoms with E-state index in [1.54, 1.807) is 18.3 Å². The molecule has 0 aliphatic carbocycles. The molecule has 0 radical (unpaired) electrons. The summed E-state index contributed by atoms with van der Waals surface area (Å²) in [5.74, 6) is 0.937. The van der Waals surface area contributed by atoms with Crippen LogP contribution in [0.2, 0.25) is 0 Å². The van der Waals surface area contributed by atoms with Gasteiger partial charge in [-0.1, -0.05) is 25.1 Å². The van der Waals surface area contributed by atoms with Gasteiger partial charge in [0.05, 0.1) is 12.2 Å². The number of piperazine rings is 1. The Morgan fingerprint density at radius 1 is 1.26 bits per heavy atom. The molecule has 3 aliphatic heterocycles. The first kappa shape index (κ1) is 32.1. The van der Waals surface area contributed by atoms with E-state index in [0.717, 1.165) is 61.7 Å². The second-order valence-corrected chi connectivity index (χ2v) is 10.6. The van der Waals surface area contributed by atoms with E-state index in [4.69, 9.17) is 4.74 Å². The number of rotatable bonds is 14. The van der Waals surface area contributed by atoms with Crippen molar-refractivity contribution in [3.8, 4) is 0 Å². The lowest BCUT2D eigenvalue weighted by molar-refractivity contribution is -0.109. The highest BCUT2D eigenvalue weighted by molar-refractivity contribution is 5.79. The van der Waals surface area contributed by atoms with Crippen LogP contribution in [0.15, 0.2) is 64.4 Å². The molecule has 0 bridgehead atoms. The molecule has 0 atom stereocenters. The standard InChI is InChI=1S/C32H43F2N7O2/c1-4-27(30(7-12-38-23-42)41(36-3)26-10-19-43-20-11-26)25-5-6-28(29(21-25)32(33)34)24-8-15-39(16-9-24)31(22-35-2)40-17-13-37-14-18-40/h5-6,8-9,15,21-23,26,32,37H,2-4,7,10-14,16-20H2,1H3,(H,38,42)/b30-27-,31-22+. The fourth-order valence-corrected chi connectivity index (χ4v) is 5.95. The lowest BCUT2D eigenvalue weighted by atomic mass is 9.91. The highest BCUT2D eigenvalue weighted by atomic mass is 19.3. The monoisotopic (exact) mass is 595 g/mol. The third kappa shape index (κ3) is 7.97. The topological polar surface area (TPSA) is 84.8 Å². The number of amides is 1. The molecule has 9 nitrogen and oxygen atoms in total. The van der Waals surface area contributed by atoms with Crippen LogP contribution >= 0.6 is 0 Å². The molecule has 232 valence electrons. The average Bonchev–Trinajstić information content (AvgIpc) is 3.05. The van der Waals surface area contributed by atoms with Crippen molar-refractivity contribution >= 4 is 31.0 Å². The SMILES string of the molecule is C=N/C=C(\N1C=CC(c2ccc(/C(CC)=C(/CCNC=O)N(N=C)C3CCOCC3)cc2C(F)F)=CC1)N1CCNCC1. The predicted molar refractivity (Wildman–Crippen MR) is 168 cm³/mol. The molecule has 2 fully saturated rings. The van der Waals surface area contributed by atoms with E-state index in [1.165, 1.54) is 0 Å². The van der Waals surface area contributed by atoms with Gasteiger partial charge in [0.25, 0.3) is 6.43 Å². The zero-order chi connectivity index (χ0) is 30.6. The third-order valence-corrected chi connectivity index (χ3v) is 8.09. The van der Waals surface area contributed by atoms with Gasteiger partial charge in [-0.25, -0.2) is 8.78 Å². The number of alkyl halides is 2. The first-order valence-electron chi connectivity index (χ1n) is 14.9. The Balaban J connectivity index is 1.66. The van der Waals surface area contributed by atoms with Gasteiger partial charge in [-0.05, 0) is 60.4 Å². The van der Waals surface area contributed by atoms with Crippen LogP contribution in [0.25, 0.3) is 11.1 Å². The maximum atomic E-state index is 14.6.